The summed E-state index contributed by atoms with van der Waals surface area (Å²) in [6, 6.07) is 3.69. The minimum atomic E-state index is -4.45. The van der Waals surface area contributed by atoms with Crippen molar-refractivity contribution in [3.8, 4) is 0 Å². The first-order chi connectivity index (χ1) is 11.3. The summed E-state index contributed by atoms with van der Waals surface area (Å²) >= 11 is 0. The molecule has 128 valence electrons. The van der Waals surface area contributed by atoms with Crippen molar-refractivity contribution in [1.29, 1.82) is 0 Å². The van der Waals surface area contributed by atoms with E-state index >= 15 is 0 Å². The fourth-order valence-electron chi connectivity index (χ4n) is 2.86. The third kappa shape index (κ3) is 3.08. The molecule has 2 N–H and O–H groups in total. The lowest BCUT2D eigenvalue weighted by Crippen LogP contribution is -2.48. The van der Waals surface area contributed by atoms with Gasteiger partial charge in [-0.2, -0.15) is 13.2 Å². The predicted octanol–water partition coefficient (Wildman–Crippen LogP) is 2.50. The number of halogens is 3. The Kier molecular flexibility index (Phi) is 3.98. The highest BCUT2D eigenvalue weighted by Gasteiger charge is 2.31. The first kappa shape index (κ1) is 16.4. The van der Waals surface area contributed by atoms with Crippen LogP contribution in [0.3, 0.4) is 0 Å². The highest BCUT2D eigenvalue weighted by atomic mass is 19.4. The number of hydrogen-bond donors (Lipinski definition) is 1. The third-order valence-electron chi connectivity index (χ3n) is 4.24. The molecule has 24 heavy (non-hydrogen) atoms. The van der Waals surface area contributed by atoms with Gasteiger partial charge in [-0.15, -0.1) is 0 Å². The molecule has 3 rings (SSSR count). The molecule has 1 aromatic carbocycles. The van der Waals surface area contributed by atoms with Crippen molar-refractivity contribution in [3.63, 3.8) is 0 Å². The van der Waals surface area contributed by atoms with E-state index in [9.17, 15) is 18.0 Å². The van der Waals surface area contributed by atoms with Crippen molar-refractivity contribution in [2.75, 3.05) is 36.8 Å². The summed E-state index contributed by atoms with van der Waals surface area (Å²) in [4.78, 5) is 19.3. The van der Waals surface area contributed by atoms with Gasteiger partial charge >= 0.3 is 6.18 Å². The third-order valence-corrected chi connectivity index (χ3v) is 4.24. The summed E-state index contributed by atoms with van der Waals surface area (Å²) in [6.45, 7) is 4.04. The second-order valence-electron chi connectivity index (χ2n) is 5.82. The van der Waals surface area contributed by atoms with Crippen molar-refractivity contribution in [3.05, 3.63) is 30.0 Å². The van der Waals surface area contributed by atoms with E-state index in [1.807, 2.05) is 4.90 Å². The number of benzene rings is 1. The van der Waals surface area contributed by atoms with Gasteiger partial charge < -0.3 is 15.5 Å². The molecule has 0 radical (unpaired) electrons. The molecule has 8 heteroatoms. The zero-order valence-corrected chi connectivity index (χ0v) is 13.1. The number of nitrogens with zero attached hydrogens (tertiary/aromatic N) is 3. The maximum atomic E-state index is 12.8. The lowest BCUT2D eigenvalue weighted by molar-refractivity contribution is -0.137. The van der Waals surface area contributed by atoms with Gasteiger partial charge in [0.15, 0.2) is 0 Å². The Morgan fingerprint density at radius 1 is 1.17 bits per heavy atom. The van der Waals surface area contributed by atoms with E-state index in [1.54, 1.807) is 17.2 Å². The zero-order chi connectivity index (χ0) is 17.5. The molecule has 1 aliphatic rings. The van der Waals surface area contributed by atoms with Crippen molar-refractivity contribution in [1.82, 2.24) is 9.88 Å². The van der Waals surface area contributed by atoms with Crippen molar-refractivity contribution in [2.24, 2.45) is 0 Å². The molecule has 1 amide bonds. The number of carbonyl (C=O) groups is 1. The van der Waals surface area contributed by atoms with Crippen LogP contribution in [0.15, 0.2) is 24.4 Å². The fourth-order valence-corrected chi connectivity index (χ4v) is 2.86. The Morgan fingerprint density at radius 3 is 2.42 bits per heavy atom. The number of hydrogen-bond acceptors (Lipinski definition) is 4. The van der Waals surface area contributed by atoms with Crippen LogP contribution in [-0.2, 0) is 11.0 Å². The summed E-state index contributed by atoms with van der Waals surface area (Å²) in [5.74, 6) is 0.0372. The molecular formula is C16H17F3N4O. The monoisotopic (exact) mass is 338 g/mol. The second kappa shape index (κ2) is 5.85. The van der Waals surface area contributed by atoms with Crippen LogP contribution in [0.1, 0.15) is 12.5 Å². The average Bonchev–Trinajstić information content (AvgIpc) is 2.53. The molecule has 5 nitrogen and oxygen atoms in total. The van der Waals surface area contributed by atoms with Gasteiger partial charge in [0.25, 0.3) is 0 Å². The number of amides is 1. The van der Waals surface area contributed by atoms with E-state index in [0.717, 1.165) is 17.8 Å². The zero-order valence-electron chi connectivity index (χ0n) is 13.1. The smallest absolute Gasteiger partial charge is 0.398 e. The highest BCUT2D eigenvalue weighted by molar-refractivity contribution is 5.93. The van der Waals surface area contributed by atoms with E-state index in [0.29, 0.717) is 31.6 Å². The van der Waals surface area contributed by atoms with Crippen molar-refractivity contribution >= 4 is 28.2 Å². The molecular weight excluding hydrogens is 321 g/mol. The van der Waals surface area contributed by atoms with Gasteiger partial charge in [-0.05, 0) is 18.2 Å². The molecule has 1 aliphatic heterocycles. The predicted molar refractivity (Wildman–Crippen MR) is 85.6 cm³/mol. The Balaban J connectivity index is 1.90. The summed E-state index contributed by atoms with van der Waals surface area (Å²) in [7, 11) is 0. The first-order valence-electron chi connectivity index (χ1n) is 7.52. The van der Waals surface area contributed by atoms with Gasteiger partial charge in [-0.1, -0.05) is 0 Å². The minimum absolute atomic E-state index is 0.0372. The molecule has 0 atom stereocenters. The van der Waals surface area contributed by atoms with Crippen molar-refractivity contribution < 1.29 is 18.0 Å². The number of alkyl halides is 3. The number of anilines is 2. The number of aromatic nitrogens is 1. The largest absolute Gasteiger partial charge is 0.416 e. The quantitative estimate of drug-likeness (QED) is 0.812. The topological polar surface area (TPSA) is 62.5 Å². The van der Waals surface area contributed by atoms with E-state index < -0.39 is 11.7 Å². The van der Waals surface area contributed by atoms with E-state index in [-0.39, 0.29) is 17.1 Å². The maximum Gasteiger partial charge on any atom is 0.416 e. The Hall–Kier alpha value is -2.51. The van der Waals surface area contributed by atoms with Crippen LogP contribution in [-0.4, -0.2) is 42.0 Å². The number of piperazine rings is 1. The molecule has 1 saturated heterocycles. The number of rotatable bonds is 1. The number of fused-ring (bicyclic) bond motifs is 1. The van der Waals surface area contributed by atoms with Crippen LogP contribution in [0, 0.1) is 0 Å². The minimum Gasteiger partial charge on any atom is -0.398 e. The Morgan fingerprint density at radius 2 is 1.83 bits per heavy atom. The van der Waals surface area contributed by atoms with Gasteiger partial charge in [0.05, 0.1) is 23.0 Å². The maximum absolute atomic E-state index is 12.8. The molecule has 0 aliphatic carbocycles. The average molecular weight is 338 g/mol. The summed E-state index contributed by atoms with van der Waals surface area (Å²) in [5, 5.41) is 0.495. The molecule has 0 saturated carbocycles. The van der Waals surface area contributed by atoms with Gasteiger partial charge in [-0.25, -0.2) is 0 Å². The Labute approximate surface area is 136 Å². The van der Waals surface area contributed by atoms with Crippen LogP contribution >= 0.6 is 0 Å². The SMILES string of the molecule is CC(=O)N1CCN(c2cnc3cc(C(F)(F)F)cc(N)c3c2)CC1. The molecule has 1 aromatic heterocycles. The van der Waals surface area contributed by atoms with Crippen LogP contribution in [0.2, 0.25) is 0 Å². The molecule has 2 aromatic rings. The van der Waals surface area contributed by atoms with Crippen LogP contribution < -0.4 is 10.6 Å². The molecule has 0 spiro atoms. The van der Waals surface area contributed by atoms with Crippen LogP contribution in [0.4, 0.5) is 24.5 Å². The summed E-state index contributed by atoms with van der Waals surface area (Å²) in [5.41, 5.74) is 6.06. The summed E-state index contributed by atoms with van der Waals surface area (Å²) < 4.78 is 38.5. The standard InChI is InChI=1S/C16H17F3N4O/c1-10(24)22-2-4-23(5-3-22)12-8-13-14(20)6-11(16(17,18)19)7-15(13)21-9-12/h6-9H,2-5,20H2,1H3. The van der Waals surface area contributed by atoms with Gasteiger partial charge in [0.1, 0.15) is 0 Å². The number of carbonyl (C=O) groups excluding carboxylic acids is 1. The molecule has 2 heterocycles. The van der Waals surface area contributed by atoms with E-state index in [2.05, 4.69) is 4.98 Å². The number of nitrogens with two attached hydrogens (primary N) is 1. The van der Waals surface area contributed by atoms with Gasteiger partial charge in [-0.3, -0.25) is 9.78 Å². The van der Waals surface area contributed by atoms with Crippen LogP contribution in [0.25, 0.3) is 10.9 Å². The van der Waals surface area contributed by atoms with Crippen LogP contribution in [0.5, 0.6) is 0 Å². The van der Waals surface area contributed by atoms with E-state index in [1.165, 1.54) is 6.92 Å². The Bertz CT molecular complexity index is 783. The molecule has 0 bridgehead atoms. The lowest BCUT2D eigenvalue weighted by Gasteiger charge is -2.35. The van der Waals surface area contributed by atoms with Crippen molar-refractivity contribution in [2.45, 2.75) is 13.1 Å². The normalized spacial score (nSPS) is 15.8. The number of nitrogen functional groups attached to an aromatic ring is 1. The first-order valence-corrected chi connectivity index (χ1v) is 7.52. The molecule has 0 unspecified atom stereocenters. The van der Waals surface area contributed by atoms with Gasteiger partial charge in [0, 0.05) is 44.2 Å². The van der Waals surface area contributed by atoms with E-state index in [4.69, 9.17) is 5.73 Å². The second-order valence-corrected chi connectivity index (χ2v) is 5.82. The number of pyridine rings is 1. The highest BCUT2D eigenvalue weighted by Crippen LogP contribution is 2.34. The molecule has 1 fully saturated rings. The summed E-state index contributed by atoms with van der Waals surface area (Å²) in [6.07, 6.45) is -2.91. The van der Waals surface area contributed by atoms with Gasteiger partial charge in [0.2, 0.25) is 5.91 Å². The lowest BCUT2D eigenvalue weighted by atomic mass is 10.1. The fraction of sp³-hybridized carbons (Fsp3) is 0.375.